The zero-order valence-corrected chi connectivity index (χ0v) is 38.6. The van der Waals surface area contributed by atoms with Gasteiger partial charge >= 0.3 is 12.4 Å². The van der Waals surface area contributed by atoms with Gasteiger partial charge in [0.2, 0.25) is 5.78 Å². The maximum atomic E-state index is 14.8. The number of fused-ring (bicyclic) bond motifs is 7. The molecule has 11 heteroatoms. The van der Waals surface area contributed by atoms with Gasteiger partial charge in [-0.15, -0.1) is 0 Å². The van der Waals surface area contributed by atoms with Gasteiger partial charge < -0.3 is 4.74 Å². The Morgan fingerprint density at radius 3 is 1.66 bits per heavy atom. The molecule has 2 aromatic heterocycles. The molecule has 0 radical (unpaired) electrons. The second-order valence-corrected chi connectivity index (χ2v) is 23.0. The van der Waals surface area contributed by atoms with Gasteiger partial charge in [-0.3, -0.25) is 8.97 Å². The predicted octanol–water partition coefficient (Wildman–Crippen LogP) is 12.9. The molecular weight excluding hydrogens is 873 g/mol. The van der Waals surface area contributed by atoms with Crippen LogP contribution in [-0.4, -0.2) is 34.4 Å². The molecule has 0 saturated heterocycles. The Hall–Kier alpha value is -6.59. The topological polar surface area (TPSA) is 31.5 Å². The number of alkyl halides is 6. The number of benzene rings is 7. The first-order valence-electron chi connectivity index (χ1n) is 22.6. The third kappa shape index (κ3) is 7.07. The Kier molecular flexibility index (Phi) is 10.6. The molecule has 0 saturated carbocycles. The van der Waals surface area contributed by atoms with Crippen LogP contribution >= 0.6 is 0 Å². The van der Waals surface area contributed by atoms with Crippen LogP contribution in [0.4, 0.5) is 26.3 Å². The van der Waals surface area contributed by atoms with E-state index in [-0.39, 0.29) is 25.7 Å². The fraction of sp³-hybridized carbons (Fsp3) is 0.232. The summed E-state index contributed by atoms with van der Waals surface area (Å²) in [6.07, 6.45) is -9.90. The number of nitrogens with zero attached hydrogens (tertiary/aromatic N) is 3. The van der Waals surface area contributed by atoms with E-state index >= 15 is 0 Å². The summed E-state index contributed by atoms with van der Waals surface area (Å²) in [5.74, 6) is 1.63. The average Bonchev–Trinajstić information content (AvgIpc) is 3.85. The maximum Gasteiger partial charge on any atom is 0.393 e. The van der Waals surface area contributed by atoms with Gasteiger partial charge in [-0.05, 0) is 88.9 Å². The summed E-state index contributed by atoms with van der Waals surface area (Å²) in [4.78, 5) is 5.17. The van der Waals surface area contributed by atoms with Gasteiger partial charge in [0.15, 0.2) is 8.07 Å². The van der Waals surface area contributed by atoms with E-state index in [0.29, 0.717) is 22.6 Å². The molecule has 9 aromatic rings. The Bertz CT molecular complexity index is 3210. The molecule has 0 N–H and O–H groups in total. The zero-order valence-electron chi connectivity index (χ0n) is 37.6. The minimum Gasteiger partial charge on any atom is -0.457 e. The Morgan fingerprint density at radius 1 is 0.522 bits per heavy atom. The van der Waals surface area contributed by atoms with E-state index in [1.807, 2.05) is 84.9 Å². The molecule has 1 aliphatic heterocycles. The minimum atomic E-state index is -4.55. The van der Waals surface area contributed by atoms with Crippen molar-refractivity contribution in [2.45, 2.75) is 71.1 Å². The van der Waals surface area contributed by atoms with Crippen LogP contribution in [0.5, 0.6) is 11.5 Å². The first kappa shape index (κ1) is 44.3. The van der Waals surface area contributed by atoms with E-state index in [0.717, 1.165) is 54.3 Å². The van der Waals surface area contributed by atoms with Crippen LogP contribution in [0.15, 0.2) is 176 Å². The first-order valence-corrected chi connectivity index (χ1v) is 24.6. The van der Waals surface area contributed by atoms with Crippen LogP contribution in [0.2, 0.25) is 0 Å². The number of hydrogen-bond acceptors (Lipinski definition) is 2. The van der Waals surface area contributed by atoms with Crippen molar-refractivity contribution in [2.75, 3.05) is 0 Å². The summed E-state index contributed by atoms with van der Waals surface area (Å²) in [5.41, 5.74) is 0.282. The van der Waals surface area contributed by atoms with E-state index in [4.69, 9.17) is 9.72 Å². The highest BCUT2D eigenvalue weighted by Gasteiger charge is 2.54. The standard InChI is InChI=1S/C56H49F6N3OSi/c1-52(2,55(57,58)59)33-35-54(36-34-53(3,4)56(60,61)62)42-25-11-16-31-48(42)66-50-43(54)26-18-32-49(50)67(39-20-7-5-8-21-39,40-22-9-6-10-23-40)41-24-17-19-38(37-41)64-46-29-14-15-30-47(46)65-45-28-13-12-27-44(45)63-51(64)65/h5-32,37H,33-36H2,1-4H3. The van der Waals surface area contributed by atoms with Crippen molar-refractivity contribution >= 4 is 56.7 Å². The van der Waals surface area contributed by atoms with Gasteiger partial charge in [0.05, 0.1) is 32.9 Å². The number of imidazole rings is 2. The summed E-state index contributed by atoms with van der Waals surface area (Å²) in [6.45, 7) is 4.69. The number of aromatic nitrogens is 3. The van der Waals surface area contributed by atoms with Crippen LogP contribution in [0.3, 0.4) is 0 Å². The van der Waals surface area contributed by atoms with Crippen molar-refractivity contribution in [3.8, 4) is 17.2 Å². The van der Waals surface area contributed by atoms with E-state index in [9.17, 15) is 26.3 Å². The molecule has 0 bridgehead atoms. The van der Waals surface area contributed by atoms with Crippen LogP contribution < -0.4 is 25.5 Å². The highest BCUT2D eigenvalue weighted by molar-refractivity contribution is 7.20. The molecule has 0 aliphatic carbocycles. The largest absolute Gasteiger partial charge is 0.457 e. The second-order valence-electron chi connectivity index (χ2n) is 19.2. The molecule has 340 valence electrons. The lowest BCUT2D eigenvalue weighted by molar-refractivity contribution is -0.216. The molecule has 10 rings (SSSR count). The molecular formula is C56H49F6N3OSi. The van der Waals surface area contributed by atoms with Crippen LogP contribution in [-0.2, 0) is 5.41 Å². The second kappa shape index (κ2) is 16.0. The summed E-state index contributed by atoms with van der Waals surface area (Å²) < 4.78 is 100. The molecule has 3 heterocycles. The molecule has 0 spiro atoms. The van der Waals surface area contributed by atoms with E-state index in [1.54, 1.807) is 18.2 Å². The maximum absolute atomic E-state index is 14.8. The highest BCUT2D eigenvalue weighted by atomic mass is 28.3. The van der Waals surface area contributed by atoms with Crippen LogP contribution in [0.25, 0.3) is 33.5 Å². The lowest BCUT2D eigenvalue weighted by atomic mass is 9.63. The smallest absolute Gasteiger partial charge is 0.393 e. The lowest BCUT2D eigenvalue weighted by Crippen LogP contribution is -2.75. The summed E-state index contributed by atoms with van der Waals surface area (Å²) in [6, 6.07) is 58.3. The van der Waals surface area contributed by atoms with Crippen molar-refractivity contribution in [1.82, 2.24) is 14.0 Å². The number of hydrogen-bond donors (Lipinski definition) is 0. The van der Waals surface area contributed by atoms with Gasteiger partial charge in [-0.1, -0.05) is 161 Å². The van der Waals surface area contributed by atoms with Gasteiger partial charge in [0.25, 0.3) is 0 Å². The van der Waals surface area contributed by atoms with E-state index in [2.05, 4.69) is 81.8 Å². The Labute approximate surface area is 386 Å². The van der Waals surface area contributed by atoms with Crippen molar-refractivity contribution in [1.29, 1.82) is 0 Å². The number of rotatable bonds is 11. The van der Waals surface area contributed by atoms with Gasteiger partial charge in [0, 0.05) is 22.2 Å². The first-order chi connectivity index (χ1) is 32.0. The van der Waals surface area contributed by atoms with E-state index < -0.39 is 36.7 Å². The molecule has 0 amide bonds. The fourth-order valence-corrected chi connectivity index (χ4v) is 15.3. The normalized spacial score (nSPS) is 14.3. The van der Waals surface area contributed by atoms with Gasteiger partial charge in [0.1, 0.15) is 11.5 Å². The molecule has 0 unspecified atom stereocenters. The average molecular weight is 922 g/mol. The minimum absolute atomic E-state index is 0.0691. The van der Waals surface area contributed by atoms with Crippen molar-refractivity contribution in [3.63, 3.8) is 0 Å². The van der Waals surface area contributed by atoms with E-state index in [1.165, 1.54) is 27.7 Å². The molecule has 4 nitrogen and oxygen atoms in total. The SMILES string of the molecule is CC(C)(CCC1(CCC(C)(C)C(F)(F)F)c2ccccc2Oc2c1cccc2[Si](c1ccccc1)(c1ccccc1)c1cccc(-n2c3ccccc3n3c4ccccc4nc23)c1)C(F)(F)F. The third-order valence-corrected chi connectivity index (χ3v) is 19.3. The molecule has 0 fully saturated rings. The number of para-hydroxylation sites is 6. The number of halogens is 6. The predicted molar refractivity (Wildman–Crippen MR) is 259 cm³/mol. The molecule has 1 aliphatic rings. The lowest BCUT2D eigenvalue weighted by Gasteiger charge is -2.46. The fourth-order valence-electron chi connectivity index (χ4n) is 10.4. The van der Waals surface area contributed by atoms with Crippen molar-refractivity contribution < 1.29 is 31.1 Å². The van der Waals surface area contributed by atoms with Crippen molar-refractivity contribution in [3.05, 3.63) is 187 Å². The molecule has 0 atom stereocenters. The summed E-state index contributed by atoms with van der Waals surface area (Å²) in [7, 11) is -3.58. The molecule has 67 heavy (non-hydrogen) atoms. The van der Waals surface area contributed by atoms with Crippen LogP contribution in [0, 0.1) is 10.8 Å². The van der Waals surface area contributed by atoms with Crippen molar-refractivity contribution in [2.24, 2.45) is 10.8 Å². The van der Waals surface area contributed by atoms with Crippen LogP contribution in [0.1, 0.15) is 64.5 Å². The third-order valence-electron chi connectivity index (χ3n) is 14.5. The zero-order chi connectivity index (χ0) is 47.0. The van der Waals surface area contributed by atoms with Gasteiger partial charge in [-0.2, -0.15) is 26.3 Å². The Morgan fingerprint density at radius 2 is 1.03 bits per heavy atom. The monoisotopic (exact) mass is 921 g/mol. The highest BCUT2D eigenvalue weighted by Crippen LogP contribution is 2.57. The summed E-state index contributed by atoms with van der Waals surface area (Å²) in [5, 5.41) is 3.86. The summed E-state index contributed by atoms with van der Waals surface area (Å²) >= 11 is 0. The Balaban J connectivity index is 1.28. The van der Waals surface area contributed by atoms with Gasteiger partial charge in [-0.25, -0.2) is 4.98 Å². The molecule has 7 aromatic carbocycles. The quantitative estimate of drug-likeness (QED) is 0.0735. The number of ether oxygens (including phenoxy) is 1.